The number of benzene rings is 3. The maximum Gasteiger partial charge on any atom is 0.271 e. The van der Waals surface area contributed by atoms with Crippen molar-refractivity contribution in [2.24, 2.45) is 5.10 Å². The molecule has 5 nitrogen and oxygen atoms in total. The molecule has 0 atom stereocenters. The van der Waals surface area contributed by atoms with Crippen molar-refractivity contribution in [3.63, 3.8) is 0 Å². The average Bonchev–Trinajstić information content (AvgIpc) is 2.73. The third-order valence-electron chi connectivity index (χ3n) is 4.01. The number of carbonyl (C=O) groups excluding carboxylic acids is 1. The van der Waals surface area contributed by atoms with Crippen molar-refractivity contribution in [3.05, 3.63) is 91.2 Å². The van der Waals surface area contributed by atoms with Crippen LogP contribution in [-0.4, -0.2) is 19.2 Å². The highest BCUT2D eigenvalue weighted by Crippen LogP contribution is 2.36. The number of ether oxygens (including phenoxy) is 2. The van der Waals surface area contributed by atoms with E-state index in [1.54, 1.807) is 36.4 Å². The summed E-state index contributed by atoms with van der Waals surface area (Å²) in [5.74, 6) is 0.420. The average molecular weight is 583 g/mol. The predicted molar refractivity (Wildman–Crippen MR) is 126 cm³/mol. The Kier molecular flexibility index (Phi) is 7.81. The second-order valence-corrected chi connectivity index (χ2v) is 8.26. The topological polar surface area (TPSA) is 59.9 Å². The van der Waals surface area contributed by atoms with Crippen LogP contribution in [0.1, 0.15) is 21.5 Å². The summed E-state index contributed by atoms with van der Waals surface area (Å²) in [6, 6.07) is 16.8. The molecule has 0 saturated heterocycles. The van der Waals surface area contributed by atoms with Gasteiger partial charge in [-0.15, -0.1) is 0 Å². The number of hydrazone groups is 1. The lowest BCUT2D eigenvalue weighted by atomic mass is 10.2. The van der Waals surface area contributed by atoms with Gasteiger partial charge >= 0.3 is 0 Å². The minimum Gasteiger partial charge on any atom is -0.493 e. The Morgan fingerprint density at radius 3 is 2.67 bits per heavy atom. The van der Waals surface area contributed by atoms with Crippen LogP contribution in [0.5, 0.6) is 11.5 Å². The maximum absolute atomic E-state index is 13.0. The molecule has 3 aromatic carbocycles. The summed E-state index contributed by atoms with van der Waals surface area (Å²) >= 11 is 5.62. The summed E-state index contributed by atoms with van der Waals surface area (Å²) < 4.78 is 25.9. The van der Waals surface area contributed by atoms with Crippen molar-refractivity contribution in [3.8, 4) is 11.5 Å². The summed E-state index contributed by atoms with van der Waals surface area (Å²) in [6.45, 7) is 0.259. The Balaban J connectivity index is 1.69. The molecule has 0 aliphatic rings. The largest absolute Gasteiger partial charge is 0.493 e. The van der Waals surface area contributed by atoms with Gasteiger partial charge in [-0.2, -0.15) is 5.10 Å². The van der Waals surface area contributed by atoms with Crippen molar-refractivity contribution < 1.29 is 18.7 Å². The number of rotatable bonds is 7. The van der Waals surface area contributed by atoms with Gasteiger partial charge in [0.15, 0.2) is 11.5 Å². The molecule has 30 heavy (non-hydrogen) atoms. The number of hydrogen-bond acceptors (Lipinski definition) is 4. The number of hydrogen-bond donors (Lipinski definition) is 1. The number of amides is 1. The number of nitrogens with zero attached hydrogens (tertiary/aromatic N) is 1. The Bertz CT molecular complexity index is 1070. The fourth-order valence-electron chi connectivity index (χ4n) is 2.55. The van der Waals surface area contributed by atoms with Crippen LogP contribution in [-0.2, 0) is 6.61 Å². The summed E-state index contributed by atoms with van der Waals surface area (Å²) in [5.41, 5.74) is 4.57. The van der Waals surface area contributed by atoms with Gasteiger partial charge in [0.05, 0.1) is 17.8 Å². The molecule has 0 saturated carbocycles. The van der Waals surface area contributed by atoms with E-state index >= 15 is 0 Å². The second kappa shape index (κ2) is 10.5. The molecule has 0 bridgehead atoms. The third kappa shape index (κ3) is 6.02. The number of nitrogens with one attached hydrogen (secondary N) is 1. The first-order valence-corrected chi connectivity index (χ1v) is 10.7. The Morgan fingerprint density at radius 1 is 1.20 bits per heavy atom. The fourth-order valence-corrected chi connectivity index (χ4v) is 3.67. The lowest BCUT2D eigenvalue weighted by Crippen LogP contribution is -2.17. The first-order valence-electron chi connectivity index (χ1n) is 8.80. The van der Waals surface area contributed by atoms with Crippen molar-refractivity contribution in [2.75, 3.05) is 7.11 Å². The Morgan fingerprint density at radius 2 is 1.97 bits per heavy atom. The van der Waals surface area contributed by atoms with Gasteiger partial charge in [-0.1, -0.05) is 18.2 Å². The molecule has 8 heteroatoms. The monoisotopic (exact) mass is 582 g/mol. The summed E-state index contributed by atoms with van der Waals surface area (Å²) in [4.78, 5) is 12.2. The van der Waals surface area contributed by atoms with Gasteiger partial charge in [0.2, 0.25) is 0 Å². The standard InChI is InChI=1S/C22H17BrFIN2O3/c1-29-20-10-15(12-26-27-22(28)16-3-2-4-18(25)11-16)9-19(23)21(20)30-13-14-5-7-17(24)8-6-14/h2-12H,13H2,1H3,(H,27,28)/b26-12-. The molecular weight excluding hydrogens is 566 g/mol. The highest BCUT2D eigenvalue weighted by atomic mass is 127. The molecule has 0 aliphatic carbocycles. The number of halogens is 3. The predicted octanol–water partition coefficient (Wildman–Crippen LogP) is 5.54. The zero-order valence-electron chi connectivity index (χ0n) is 15.9. The van der Waals surface area contributed by atoms with Crippen LogP contribution in [0.15, 0.2) is 70.2 Å². The molecule has 0 heterocycles. The van der Waals surface area contributed by atoms with Crippen molar-refractivity contribution >= 4 is 50.6 Å². The summed E-state index contributed by atoms with van der Waals surface area (Å²) in [6.07, 6.45) is 1.52. The number of carbonyl (C=O) groups is 1. The molecule has 1 amide bonds. The second-order valence-electron chi connectivity index (χ2n) is 6.16. The van der Waals surface area contributed by atoms with Crippen LogP contribution >= 0.6 is 38.5 Å². The van der Waals surface area contributed by atoms with E-state index in [2.05, 4.69) is 49.0 Å². The smallest absolute Gasteiger partial charge is 0.271 e. The van der Waals surface area contributed by atoms with Gasteiger partial charge < -0.3 is 9.47 Å². The zero-order valence-corrected chi connectivity index (χ0v) is 19.6. The van der Waals surface area contributed by atoms with Crippen LogP contribution in [0.3, 0.4) is 0 Å². The van der Waals surface area contributed by atoms with E-state index in [0.29, 0.717) is 27.1 Å². The van der Waals surface area contributed by atoms with Crippen molar-refractivity contribution in [2.45, 2.75) is 6.61 Å². The highest BCUT2D eigenvalue weighted by Gasteiger charge is 2.12. The van der Waals surface area contributed by atoms with E-state index in [1.807, 2.05) is 12.1 Å². The van der Waals surface area contributed by atoms with Gasteiger partial charge in [-0.25, -0.2) is 9.82 Å². The normalized spacial score (nSPS) is 10.8. The summed E-state index contributed by atoms with van der Waals surface area (Å²) in [7, 11) is 1.53. The molecule has 0 fully saturated rings. The molecule has 0 aliphatic heterocycles. The van der Waals surface area contributed by atoms with Crippen molar-refractivity contribution in [1.29, 1.82) is 0 Å². The van der Waals surface area contributed by atoms with Crippen LogP contribution in [0, 0.1) is 9.39 Å². The van der Waals surface area contributed by atoms with E-state index < -0.39 is 0 Å². The fraction of sp³-hybridized carbons (Fsp3) is 0.0909. The molecule has 0 spiro atoms. The van der Waals surface area contributed by atoms with Gasteiger partial charge in [0.25, 0.3) is 5.91 Å². The third-order valence-corrected chi connectivity index (χ3v) is 5.27. The Hall–Kier alpha value is -2.46. The summed E-state index contributed by atoms with van der Waals surface area (Å²) in [5, 5.41) is 4.02. The van der Waals surface area contributed by atoms with E-state index in [4.69, 9.17) is 9.47 Å². The Labute approximate surface area is 195 Å². The molecule has 0 radical (unpaired) electrons. The van der Waals surface area contributed by atoms with Gasteiger partial charge in [0.1, 0.15) is 12.4 Å². The minimum absolute atomic E-state index is 0.259. The SMILES string of the molecule is COc1cc(/C=N\NC(=O)c2cccc(I)c2)cc(Br)c1OCc1ccc(F)cc1. The van der Waals surface area contributed by atoms with Crippen LogP contribution < -0.4 is 14.9 Å². The molecule has 3 rings (SSSR count). The number of methoxy groups -OCH3 is 1. The van der Waals surface area contributed by atoms with E-state index in [0.717, 1.165) is 9.13 Å². The van der Waals surface area contributed by atoms with Crippen LogP contribution in [0.4, 0.5) is 4.39 Å². The van der Waals surface area contributed by atoms with Crippen molar-refractivity contribution in [1.82, 2.24) is 5.43 Å². The highest BCUT2D eigenvalue weighted by molar-refractivity contribution is 14.1. The zero-order chi connectivity index (χ0) is 21.5. The quantitative estimate of drug-likeness (QED) is 0.226. The van der Waals surface area contributed by atoms with E-state index in [1.165, 1.54) is 25.5 Å². The molecule has 3 aromatic rings. The lowest BCUT2D eigenvalue weighted by Gasteiger charge is -2.13. The molecule has 0 aromatic heterocycles. The van der Waals surface area contributed by atoms with E-state index in [9.17, 15) is 9.18 Å². The molecular formula is C22H17BrFIN2O3. The molecule has 1 N–H and O–H groups in total. The minimum atomic E-state index is -0.296. The first kappa shape index (κ1) is 22.2. The van der Waals surface area contributed by atoms with Gasteiger partial charge in [-0.3, -0.25) is 4.79 Å². The van der Waals surface area contributed by atoms with Gasteiger partial charge in [0, 0.05) is 9.13 Å². The van der Waals surface area contributed by atoms with Crippen LogP contribution in [0.2, 0.25) is 0 Å². The lowest BCUT2D eigenvalue weighted by molar-refractivity contribution is 0.0955. The molecule has 154 valence electrons. The maximum atomic E-state index is 13.0. The first-order chi connectivity index (χ1) is 14.5. The van der Waals surface area contributed by atoms with Crippen LogP contribution in [0.25, 0.3) is 0 Å². The molecule has 0 unspecified atom stereocenters. The van der Waals surface area contributed by atoms with Gasteiger partial charge in [-0.05, 0) is 92.1 Å². The van der Waals surface area contributed by atoms with E-state index in [-0.39, 0.29) is 18.3 Å².